The van der Waals surface area contributed by atoms with Crippen molar-refractivity contribution in [2.24, 2.45) is 0 Å². The number of aromatic nitrogens is 2. The van der Waals surface area contributed by atoms with Gasteiger partial charge in [0.05, 0.1) is 0 Å². The molecule has 2 N–H and O–H groups in total. The fraction of sp³-hybridized carbons (Fsp3) is 0.100. The number of hydrogen-bond acceptors (Lipinski definition) is 7. The van der Waals surface area contributed by atoms with E-state index in [1.54, 1.807) is 18.2 Å². The first-order chi connectivity index (χ1) is 14.7. The fourth-order valence-electron chi connectivity index (χ4n) is 2.81. The van der Waals surface area contributed by atoms with Crippen LogP contribution in [0.1, 0.15) is 11.5 Å². The third-order valence-corrected chi connectivity index (χ3v) is 4.35. The summed E-state index contributed by atoms with van der Waals surface area (Å²) in [5, 5.41) is 8.86. The Morgan fingerprint density at radius 3 is 2.32 bits per heavy atom. The molecule has 0 saturated carbocycles. The standard InChI is InChI=1S/C20H12F4N4O3/c21-12-2-1-3-13(8-12)26-15-14(16(29)17(15)30)25-9-10-4-6-11(7-5-10)18-27-19(31-28-18)20(22,23)24/h1-8,25-26H,9H2. The topological polar surface area (TPSA) is 97.1 Å². The van der Waals surface area contributed by atoms with Crippen molar-refractivity contribution in [1.29, 1.82) is 0 Å². The smallest absolute Gasteiger partial charge is 0.376 e. The highest BCUT2D eigenvalue weighted by molar-refractivity contribution is 5.78. The third-order valence-electron chi connectivity index (χ3n) is 4.35. The van der Waals surface area contributed by atoms with Crippen molar-refractivity contribution < 1.29 is 22.1 Å². The van der Waals surface area contributed by atoms with Gasteiger partial charge >= 0.3 is 12.1 Å². The Morgan fingerprint density at radius 1 is 0.968 bits per heavy atom. The first-order valence-electron chi connectivity index (χ1n) is 8.82. The normalized spacial score (nSPS) is 11.6. The minimum atomic E-state index is -4.73. The zero-order chi connectivity index (χ0) is 22.2. The van der Waals surface area contributed by atoms with Gasteiger partial charge in [0.15, 0.2) is 0 Å². The molecule has 0 spiro atoms. The molecule has 7 nitrogen and oxygen atoms in total. The lowest BCUT2D eigenvalue weighted by Crippen LogP contribution is -2.36. The van der Waals surface area contributed by atoms with E-state index in [2.05, 4.69) is 25.3 Å². The lowest BCUT2D eigenvalue weighted by atomic mass is 10.1. The summed E-state index contributed by atoms with van der Waals surface area (Å²) in [4.78, 5) is 27.0. The molecule has 0 bridgehead atoms. The van der Waals surface area contributed by atoms with Crippen molar-refractivity contribution in [3.05, 3.63) is 86.2 Å². The molecule has 11 heteroatoms. The van der Waals surface area contributed by atoms with Crippen molar-refractivity contribution in [1.82, 2.24) is 10.1 Å². The van der Waals surface area contributed by atoms with Crippen molar-refractivity contribution in [3.63, 3.8) is 0 Å². The Balaban J connectivity index is 1.45. The number of benzene rings is 2. The van der Waals surface area contributed by atoms with Crippen LogP contribution in [-0.2, 0) is 12.7 Å². The van der Waals surface area contributed by atoms with E-state index in [4.69, 9.17) is 0 Å². The molecule has 0 radical (unpaired) electrons. The van der Waals surface area contributed by atoms with Gasteiger partial charge in [0, 0.05) is 17.8 Å². The van der Waals surface area contributed by atoms with E-state index in [9.17, 15) is 27.2 Å². The van der Waals surface area contributed by atoms with E-state index in [0.717, 1.165) is 0 Å². The van der Waals surface area contributed by atoms with Gasteiger partial charge in [0.25, 0.3) is 10.9 Å². The highest BCUT2D eigenvalue weighted by Gasteiger charge is 2.38. The molecule has 31 heavy (non-hydrogen) atoms. The molecule has 0 aliphatic rings. The summed E-state index contributed by atoms with van der Waals surface area (Å²) in [5.74, 6) is -2.15. The van der Waals surface area contributed by atoms with Gasteiger partial charge in [-0.05, 0) is 23.8 Å². The average molecular weight is 432 g/mol. The zero-order valence-corrected chi connectivity index (χ0v) is 15.5. The summed E-state index contributed by atoms with van der Waals surface area (Å²) in [6, 6.07) is 11.6. The summed E-state index contributed by atoms with van der Waals surface area (Å²) in [5.41, 5.74) is -0.0387. The molecule has 1 aromatic heterocycles. The van der Waals surface area contributed by atoms with Crippen LogP contribution in [0.15, 0.2) is 62.6 Å². The van der Waals surface area contributed by atoms with E-state index in [0.29, 0.717) is 16.8 Å². The Labute approximate surface area is 171 Å². The lowest BCUT2D eigenvalue weighted by Gasteiger charge is -2.15. The molecule has 1 heterocycles. The Morgan fingerprint density at radius 2 is 1.68 bits per heavy atom. The first-order valence-corrected chi connectivity index (χ1v) is 8.82. The average Bonchev–Trinajstić information content (AvgIpc) is 3.24. The quantitative estimate of drug-likeness (QED) is 0.353. The maximum absolute atomic E-state index is 13.3. The first kappa shape index (κ1) is 20.3. The molecule has 0 aliphatic heterocycles. The highest BCUT2D eigenvalue weighted by Crippen LogP contribution is 2.29. The number of anilines is 3. The second-order valence-electron chi connectivity index (χ2n) is 6.51. The largest absolute Gasteiger partial charge is 0.471 e. The summed E-state index contributed by atoms with van der Waals surface area (Å²) in [6.45, 7) is 0.156. The van der Waals surface area contributed by atoms with Gasteiger partial charge < -0.3 is 15.2 Å². The van der Waals surface area contributed by atoms with Gasteiger partial charge in [-0.1, -0.05) is 35.5 Å². The second kappa shape index (κ2) is 7.67. The molecule has 0 saturated heterocycles. The van der Waals surface area contributed by atoms with Crippen LogP contribution in [0.2, 0.25) is 0 Å². The summed E-state index contributed by atoms with van der Waals surface area (Å²) in [6.07, 6.45) is -4.73. The van der Waals surface area contributed by atoms with Crippen LogP contribution in [0.25, 0.3) is 11.4 Å². The highest BCUT2D eigenvalue weighted by atomic mass is 19.4. The van der Waals surface area contributed by atoms with Crippen LogP contribution in [0.4, 0.5) is 34.6 Å². The Bertz CT molecular complexity index is 1310. The molecule has 4 rings (SSSR count). The minimum Gasteiger partial charge on any atom is -0.376 e. The lowest BCUT2D eigenvalue weighted by molar-refractivity contribution is -0.159. The van der Waals surface area contributed by atoms with E-state index >= 15 is 0 Å². The molecule has 158 valence electrons. The second-order valence-corrected chi connectivity index (χ2v) is 6.51. The van der Waals surface area contributed by atoms with E-state index in [1.165, 1.54) is 30.3 Å². The third kappa shape index (κ3) is 4.15. The van der Waals surface area contributed by atoms with Gasteiger partial charge in [0.2, 0.25) is 5.82 Å². The predicted octanol–water partition coefficient (Wildman–Crippen LogP) is 3.85. The maximum Gasteiger partial charge on any atom is 0.471 e. The molecule has 0 atom stereocenters. The molecule has 0 aliphatic carbocycles. The Kier molecular flexibility index (Phi) is 5.01. The van der Waals surface area contributed by atoms with Crippen molar-refractivity contribution in [2.75, 3.05) is 10.6 Å². The van der Waals surface area contributed by atoms with Crippen LogP contribution in [0, 0.1) is 5.82 Å². The predicted molar refractivity (Wildman–Crippen MR) is 103 cm³/mol. The van der Waals surface area contributed by atoms with Crippen molar-refractivity contribution in [2.45, 2.75) is 12.7 Å². The van der Waals surface area contributed by atoms with Crippen LogP contribution in [-0.4, -0.2) is 10.1 Å². The van der Waals surface area contributed by atoms with Gasteiger partial charge in [-0.25, -0.2) is 4.39 Å². The van der Waals surface area contributed by atoms with Crippen LogP contribution < -0.4 is 21.5 Å². The molecule has 3 aromatic carbocycles. The van der Waals surface area contributed by atoms with Gasteiger partial charge in [0.1, 0.15) is 17.2 Å². The zero-order valence-electron chi connectivity index (χ0n) is 15.5. The minimum absolute atomic E-state index is 0.0266. The van der Waals surface area contributed by atoms with E-state index < -0.39 is 28.7 Å². The molecule has 0 unspecified atom stereocenters. The number of rotatable bonds is 6. The van der Waals surface area contributed by atoms with Gasteiger partial charge in [-0.15, -0.1) is 0 Å². The molecule has 4 aromatic rings. The summed E-state index contributed by atoms with van der Waals surface area (Å²) < 4.78 is 55.2. The number of alkyl halides is 3. The SMILES string of the molecule is O=c1c(NCc2ccc(-c3noc(C(F)(F)F)n3)cc2)c(Nc2cccc(F)c2)c1=O. The molecule has 0 fully saturated rings. The Hall–Kier alpha value is -4.02. The summed E-state index contributed by atoms with van der Waals surface area (Å²) in [7, 11) is 0. The van der Waals surface area contributed by atoms with Crippen LogP contribution in [0.5, 0.6) is 0 Å². The monoisotopic (exact) mass is 432 g/mol. The molecular formula is C20H12F4N4O3. The molecular weight excluding hydrogens is 420 g/mol. The van der Waals surface area contributed by atoms with E-state index in [-0.39, 0.29) is 23.7 Å². The molecule has 0 amide bonds. The van der Waals surface area contributed by atoms with Crippen molar-refractivity contribution >= 4 is 17.1 Å². The van der Waals surface area contributed by atoms with Gasteiger partial charge in [-0.2, -0.15) is 18.2 Å². The maximum atomic E-state index is 13.3. The number of nitrogens with one attached hydrogen (secondary N) is 2. The number of hydrogen-bond donors (Lipinski definition) is 2. The van der Waals surface area contributed by atoms with Crippen LogP contribution in [0.3, 0.4) is 0 Å². The van der Waals surface area contributed by atoms with Crippen molar-refractivity contribution in [3.8, 4) is 11.4 Å². The summed E-state index contributed by atoms with van der Waals surface area (Å²) >= 11 is 0. The number of halogens is 4. The van der Waals surface area contributed by atoms with Crippen LogP contribution >= 0.6 is 0 Å². The fourth-order valence-corrected chi connectivity index (χ4v) is 2.81. The van der Waals surface area contributed by atoms with E-state index in [1.807, 2.05) is 0 Å². The van der Waals surface area contributed by atoms with Gasteiger partial charge in [-0.3, -0.25) is 9.59 Å². The number of nitrogens with zero attached hydrogens (tertiary/aromatic N) is 2.